The average Bonchev–Trinajstić information content (AvgIpc) is 2.45. The average molecular weight is 325 g/mol. The van der Waals surface area contributed by atoms with Crippen molar-refractivity contribution in [2.75, 3.05) is 19.6 Å². The summed E-state index contributed by atoms with van der Waals surface area (Å²) in [4.78, 5) is 14.7. The van der Waals surface area contributed by atoms with E-state index in [1.807, 2.05) is 24.3 Å². The van der Waals surface area contributed by atoms with E-state index in [1.165, 1.54) is 0 Å². The standard InChI is InChI=1S/C15H21BrN2O/c1-2-10-18(14-6-8-17-9-7-14)15(19)12-4-3-5-13(16)11-12/h3-5,11,14,17H,2,6-10H2,1H3. The number of hydrogen-bond donors (Lipinski definition) is 1. The van der Waals surface area contributed by atoms with Gasteiger partial charge in [-0.3, -0.25) is 4.79 Å². The second-order valence-electron chi connectivity index (χ2n) is 4.99. The van der Waals surface area contributed by atoms with E-state index in [0.717, 1.165) is 48.9 Å². The molecule has 1 saturated heterocycles. The molecule has 0 unspecified atom stereocenters. The van der Waals surface area contributed by atoms with Crippen molar-refractivity contribution < 1.29 is 4.79 Å². The van der Waals surface area contributed by atoms with Crippen LogP contribution in [-0.4, -0.2) is 36.5 Å². The summed E-state index contributed by atoms with van der Waals surface area (Å²) in [5.41, 5.74) is 0.779. The monoisotopic (exact) mass is 324 g/mol. The first-order valence-electron chi connectivity index (χ1n) is 6.99. The third kappa shape index (κ3) is 3.80. The summed E-state index contributed by atoms with van der Waals surface area (Å²) in [6.07, 6.45) is 3.11. The van der Waals surface area contributed by atoms with E-state index in [4.69, 9.17) is 0 Å². The molecular weight excluding hydrogens is 304 g/mol. The zero-order chi connectivity index (χ0) is 13.7. The van der Waals surface area contributed by atoms with Crippen LogP contribution < -0.4 is 5.32 Å². The summed E-state index contributed by atoms with van der Waals surface area (Å²) in [5, 5.41) is 3.35. The minimum Gasteiger partial charge on any atom is -0.336 e. The fraction of sp³-hybridized carbons (Fsp3) is 0.533. The number of carbonyl (C=O) groups is 1. The van der Waals surface area contributed by atoms with E-state index in [2.05, 4.69) is 33.1 Å². The van der Waals surface area contributed by atoms with E-state index in [-0.39, 0.29) is 5.91 Å². The topological polar surface area (TPSA) is 32.3 Å². The van der Waals surface area contributed by atoms with E-state index in [9.17, 15) is 4.79 Å². The van der Waals surface area contributed by atoms with Gasteiger partial charge in [0.25, 0.3) is 5.91 Å². The van der Waals surface area contributed by atoms with Crippen molar-refractivity contribution >= 4 is 21.8 Å². The van der Waals surface area contributed by atoms with Crippen molar-refractivity contribution in [2.45, 2.75) is 32.2 Å². The lowest BCUT2D eigenvalue weighted by Gasteiger charge is -2.34. The molecule has 0 radical (unpaired) electrons. The Bertz CT molecular complexity index is 430. The molecule has 1 fully saturated rings. The molecule has 2 rings (SSSR count). The van der Waals surface area contributed by atoms with Gasteiger partial charge in [0, 0.05) is 22.6 Å². The minimum absolute atomic E-state index is 0.162. The number of halogens is 1. The molecular formula is C15H21BrN2O. The van der Waals surface area contributed by atoms with Gasteiger partial charge in [0.2, 0.25) is 0 Å². The van der Waals surface area contributed by atoms with Gasteiger partial charge in [-0.05, 0) is 50.6 Å². The lowest BCUT2D eigenvalue weighted by atomic mass is 10.0. The van der Waals surface area contributed by atoms with Gasteiger partial charge in [-0.25, -0.2) is 0 Å². The van der Waals surface area contributed by atoms with E-state index < -0.39 is 0 Å². The second kappa shape index (κ2) is 7.06. The molecule has 0 aliphatic carbocycles. The molecule has 0 bridgehead atoms. The lowest BCUT2D eigenvalue weighted by Crippen LogP contribution is -2.46. The molecule has 3 nitrogen and oxygen atoms in total. The highest BCUT2D eigenvalue weighted by atomic mass is 79.9. The van der Waals surface area contributed by atoms with Crippen molar-refractivity contribution in [3.63, 3.8) is 0 Å². The summed E-state index contributed by atoms with van der Waals surface area (Å²) in [5.74, 6) is 0.162. The third-order valence-corrected chi connectivity index (χ3v) is 4.04. The zero-order valence-electron chi connectivity index (χ0n) is 11.4. The quantitative estimate of drug-likeness (QED) is 0.923. The molecule has 1 amide bonds. The lowest BCUT2D eigenvalue weighted by molar-refractivity contribution is 0.0642. The van der Waals surface area contributed by atoms with Gasteiger partial charge in [-0.15, -0.1) is 0 Å². The maximum absolute atomic E-state index is 12.7. The molecule has 104 valence electrons. The van der Waals surface area contributed by atoms with Crippen LogP contribution >= 0.6 is 15.9 Å². The Kier molecular flexibility index (Phi) is 5.40. The maximum Gasteiger partial charge on any atom is 0.254 e. The van der Waals surface area contributed by atoms with Gasteiger partial charge in [0.15, 0.2) is 0 Å². The number of carbonyl (C=O) groups excluding carboxylic acids is 1. The molecule has 19 heavy (non-hydrogen) atoms. The molecule has 1 aliphatic heterocycles. The second-order valence-corrected chi connectivity index (χ2v) is 5.91. The number of benzene rings is 1. The SMILES string of the molecule is CCCN(C(=O)c1cccc(Br)c1)C1CCNCC1. The van der Waals surface area contributed by atoms with Gasteiger partial charge < -0.3 is 10.2 Å². The first kappa shape index (κ1) is 14.5. The number of amides is 1. The van der Waals surface area contributed by atoms with Crippen molar-refractivity contribution in [1.82, 2.24) is 10.2 Å². The van der Waals surface area contributed by atoms with E-state index >= 15 is 0 Å². The van der Waals surface area contributed by atoms with Crippen LogP contribution in [0.1, 0.15) is 36.5 Å². The van der Waals surface area contributed by atoms with Gasteiger partial charge in [-0.2, -0.15) is 0 Å². The predicted octanol–water partition coefficient (Wildman–Crippen LogP) is 3.05. The Hall–Kier alpha value is -0.870. The van der Waals surface area contributed by atoms with Crippen molar-refractivity contribution in [3.05, 3.63) is 34.3 Å². The summed E-state index contributed by atoms with van der Waals surface area (Å²) in [6.45, 7) is 4.99. The fourth-order valence-electron chi connectivity index (χ4n) is 2.60. The number of piperidine rings is 1. The van der Waals surface area contributed by atoms with Crippen LogP contribution in [0.5, 0.6) is 0 Å². The Morgan fingerprint density at radius 3 is 2.79 bits per heavy atom. The van der Waals surface area contributed by atoms with Crippen LogP contribution in [0, 0.1) is 0 Å². The Balaban J connectivity index is 2.15. The molecule has 0 saturated carbocycles. The largest absolute Gasteiger partial charge is 0.336 e. The number of rotatable bonds is 4. The van der Waals surface area contributed by atoms with Crippen LogP contribution in [0.25, 0.3) is 0 Å². The van der Waals surface area contributed by atoms with Crippen LogP contribution in [-0.2, 0) is 0 Å². The maximum atomic E-state index is 12.7. The minimum atomic E-state index is 0.162. The first-order valence-corrected chi connectivity index (χ1v) is 7.79. The molecule has 1 aliphatic rings. The molecule has 1 heterocycles. The number of nitrogens with zero attached hydrogens (tertiary/aromatic N) is 1. The van der Waals surface area contributed by atoms with Crippen molar-refractivity contribution in [1.29, 1.82) is 0 Å². The highest BCUT2D eigenvalue weighted by Gasteiger charge is 2.25. The Labute approximate surface area is 123 Å². The van der Waals surface area contributed by atoms with Crippen molar-refractivity contribution in [2.24, 2.45) is 0 Å². The van der Waals surface area contributed by atoms with E-state index in [1.54, 1.807) is 0 Å². The molecule has 0 atom stereocenters. The normalized spacial score (nSPS) is 16.3. The summed E-state index contributed by atoms with van der Waals surface area (Å²) in [6, 6.07) is 8.06. The zero-order valence-corrected chi connectivity index (χ0v) is 12.9. The first-order chi connectivity index (χ1) is 9.22. The summed E-state index contributed by atoms with van der Waals surface area (Å²) < 4.78 is 0.958. The van der Waals surface area contributed by atoms with Crippen LogP contribution in [0.3, 0.4) is 0 Å². The molecule has 4 heteroatoms. The van der Waals surface area contributed by atoms with Gasteiger partial charge in [0.05, 0.1) is 0 Å². The molecule has 1 N–H and O–H groups in total. The van der Waals surface area contributed by atoms with Crippen LogP contribution in [0.2, 0.25) is 0 Å². The highest BCUT2D eigenvalue weighted by molar-refractivity contribution is 9.10. The molecule has 0 spiro atoms. The summed E-state index contributed by atoms with van der Waals surface area (Å²) in [7, 11) is 0. The Morgan fingerprint density at radius 1 is 1.42 bits per heavy atom. The smallest absolute Gasteiger partial charge is 0.254 e. The molecule has 1 aromatic carbocycles. The fourth-order valence-corrected chi connectivity index (χ4v) is 3.00. The van der Waals surface area contributed by atoms with E-state index in [0.29, 0.717) is 6.04 Å². The van der Waals surface area contributed by atoms with Crippen LogP contribution in [0.15, 0.2) is 28.7 Å². The Morgan fingerprint density at radius 2 is 2.16 bits per heavy atom. The van der Waals surface area contributed by atoms with Crippen LogP contribution in [0.4, 0.5) is 0 Å². The number of hydrogen-bond acceptors (Lipinski definition) is 2. The van der Waals surface area contributed by atoms with Gasteiger partial charge >= 0.3 is 0 Å². The molecule has 0 aromatic heterocycles. The van der Waals surface area contributed by atoms with Gasteiger partial charge in [-0.1, -0.05) is 28.9 Å². The molecule has 1 aromatic rings. The van der Waals surface area contributed by atoms with Gasteiger partial charge in [0.1, 0.15) is 0 Å². The summed E-state index contributed by atoms with van der Waals surface area (Å²) >= 11 is 3.43. The van der Waals surface area contributed by atoms with Crippen molar-refractivity contribution in [3.8, 4) is 0 Å². The number of nitrogens with one attached hydrogen (secondary N) is 1. The predicted molar refractivity (Wildman–Crippen MR) is 81.4 cm³/mol. The third-order valence-electron chi connectivity index (χ3n) is 3.55. The highest BCUT2D eigenvalue weighted by Crippen LogP contribution is 2.18.